The predicted molar refractivity (Wildman–Crippen MR) is 52.6 cm³/mol. The topological polar surface area (TPSA) is 66.6 Å². The van der Waals surface area contributed by atoms with E-state index in [-0.39, 0.29) is 12.6 Å². The largest absolute Gasteiger partial charge is 0.368 e. The minimum absolute atomic E-state index is 0.0197. The fourth-order valence-electron chi connectivity index (χ4n) is 1.61. The molecule has 2 N–H and O–H groups in total. The van der Waals surface area contributed by atoms with Crippen LogP contribution in [0, 0.1) is 0 Å². The number of likely N-dealkylation sites (tertiary alicyclic amines) is 1. The predicted octanol–water partition coefficient (Wildman–Crippen LogP) is 0.00940. The van der Waals surface area contributed by atoms with Crippen LogP contribution in [-0.2, 0) is 4.79 Å². The molecule has 1 aliphatic heterocycles. The normalized spacial score (nSPS) is 15.6. The number of amides is 3. The number of hydrogen-bond donors (Lipinski definition) is 1. The quantitative estimate of drug-likeness (QED) is 0.695. The Bertz CT molecular complexity index is 224. The van der Waals surface area contributed by atoms with Crippen LogP contribution >= 0.6 is 0 Å². The zero-order valence-electron chi connectivity index (χ0n) is 8.53. The Morgan fingerprint density at radius 3 is 2.36 bits per heavy atom. The van der Waals surface area contributed by atoms with Gasteiger partial charge in [0.2, 0.25) is 5.91 Å². The minimum Gasteiger partial charge on any atom is -0.368 e. The van der Waals surface area contributed by atoms with Crippen molar-refractivity contribution in [2.45, 2.75) is 19.8 Å². The van der Waals surface area contributed by atoms with Crippen LogP contribution in [0.4, 0.5) is 4.79 Å². The number of nitrogens with two attached hydrogens (primary N) is 1. The van der Waals surface area contributed by atoms with E-state index in [9.17, 15) is 9.59 Å². The summed E-state index contributed by atoms with van der Waals surface area (Å²) in [6, 6.07) is -0.0659. The first-order valence-corrected chi connectivity index (χ1v) is 4.97. The van der Waals surface area contributed by atoms with Gasteiger partial charge < -0.3 is 15.5 Å². The van der Waals surface area contributed by atoms with Crippen molar-refractivity contribution in [3.05, 3.63) is 0 Å². The third-order valence-corrected chi connectivity index (χ3v) is 2.38. The van der Waals surface area contributed by atoms with E-state index in [2.05, 4.69) is 0 Å². The lowest BCUT2D eigenvalue weighted by molar-refractivity contribution is -0.118. The van der Waals surface area contributed by atoms with Gasteiger partial charge in [0.15, 0.2) is 0 Å². The summed E-state index contributed by atoms with van der Waals surface area (Å²) < 4.78 is 0. The van der Waals surface area contributed by atoms with E-state index >= 15 is 0 Å². The maximum absolute atomic E-state index is 11.8. The van der Waals surface area contributed by atoms with Crippen molar-refractivity contribution in [1.29, 1.82) is 0 Å². The molecule has 0 bridgehead atoms. The molecule has 5 nitrogen and oxygen atoms in total. The van der Waals surface area contributed by atoms with Gasteiger partial charge in [-0.25, -0.2) is 4.79 Å². The molecule has 1 rings (SSSR count). The van der Waals surface area contributed by atoms with Gasteiger partial charge in [0.1, 0.15) is 6.54 Å². The van der Waals surface area contributed by atoms with E-state index in [1.165, 1.54) is 4.90 Å². The number of primary amides is 1. The summed E-state index contributed by atoms with van der Waals surface area (Å²) >= 11 is 0. The molecule has 0 unspecified atom stereocenters. The van der Waals surface area contributed by atoms with Gasteiger partial charge in [-0.15, -0.1) is 0 Å². The molecule has 14 heavy (non-hydrogen) atoms. The highest BCUT2D eigenvalue weighted by Gasteiger charge is 2.23. The lowest BCUT2D eigenvalue weighted by Gasteiger charge is -2.25. The summed E-state index contributed by atoms with van der Waals surface area (Å²) in [4.78, 5) is 25.7. The highest BCUT2D eigenvalue weighted by Crippen LogP contribution is 2.10. The zero-order valence-corrected chi connectivity index (χ0v) is 8.53. The molecule has 1 fully saturated rings. The zero-order chi connectivity index (χ0) is 10.6. The monoisotopic (exact) mass is 199 g/mol. The Morgan fingerprint density at radius 1 is 1.36 bits per heavy atom. The highest BCUT2D eigenvalue weighted by atomic mass is 16.2. The lowest BCUT2D eigenvalue weighted by atomic mass is 10.4. The van der Waals surface area contributed by atoms with Crippen LogP contribution in [0.2, 0.25) is 0 Å². The summed E-state index contributed by atoms with van der Waals surface area (Å²) in [6.07, 6.45) is 2.11. The third-order valence-electron chi connectivity index (χ3n) is 2.38. The average Bonchev–Trinajstić information content (AvgIpc) is 2.65. The van der Waals surface area contributed by atoms with Gasteiger partial charge in [-0.05, 0) is 19.8 Å². The Labute approximate surface area is 83.8 Å². The Hall–Kier alpha value is -1.26. The van der Waals surface area contributed by atoms with Crippen LogP contribution in [0.1, 0.15) is 19.8 Å². The molecule has 3 amide bonds. The Morgan fingerprint density at radius 2 is 1.93 bits per heavy atom. The summed E-state index contributed by atoms with van der Waals surface area (Å²) in [5.41, 5.74) is 5.05. The van der Waals surface area contributed by atoms with Gasteiger partial charge >= 0.3 is 6.03 Å². The Balaban J connectivity index is 2.50. The molecule has 1 saturated heterocycles. The third kappa shape index (κ3) is 2.61. The highest BCUT2D eigenvalue weighted by molar-refractivity contribution is 5.83. The van der Waals surface area contributed by atoms with Crippen LogP contribution in [0.15, 0.2) is 0 Å². The van der Waals surface area contributed by atoms with E-state index in [4.69, 9.17) is 5.73 Å². The van der Waals surface area contributed by atoms with Gasteiger partial charge in [0, 0.05) is 19.6 Å². The fraction of sp³-hybridized carbons (Fsp3) is 0.778. The second-order valence-electron chi connectivity index (χ2n) is 3.46. The molecule has 0 aliphatic carbocycles. The number of likely N-dealkylation sites (N-methyl/N-ethyl adjacent to an activating group) is 1. The van der Waals surface area contributed by atoms with Crippen molar-refractivity contribution < 1.29 is 9.59 Å². The number of nitrogens with zero attached hydrogens (tertiary/aromatic N) is 2. The lowest BCUT2D eigenvalue weighted by Crippen LogP contribution is -2.45. The first kappa shape index (κ1) is 10.8. The van der Waals surface area contributed by atoms with Crippen molar-refractivity contribution >= 4 is 11.9 Å². The molecule has 0 saturated carbocycles. The van der Waals surface area contributed by atoms with Gasteiger partial charge in [-0.2, -0.15) is 0 Å². The number of urea groups is 1. The minimum atomic E-state index is -0.459. The molecule has 1 aliphatic rings. The summed E-state index contributed by atoms with van der Waals surface area (Å²) in [5.74, 6) is -0.459. The van der Waals surface area contributed by atoms with Crippen LogP contribution in [0.3, 0.4) is 0 Å². The van der Waals surface area contributed by atoms with Crippen molar-refractivity contribution in [3.8, 4) is 0 Å². The van der Waals surface area contributed by atoms with Crippen LogP contribution in [0.5, 0.6) is 0 Å². The molecular weight excluding hydrogens is 182 g/mol. The first-order valence-electron chi connectivity index (χ1n) is 4.97. The maximum Gasteiger partial charge on any atom is 0.320 e. The standard InChI is InChI=1S/C9H17N3O2/c1-2-11(7-8(10)13)9(14)12-5-3-4-6-12/h2-7H2,1H3,(H2,10,13). The van der Waals surface area contributed by atoms with Crippen molar-refractivity contribution in [1.82, 2.24) is 9.80 Å². The van der Waals surface area contributed by atoms with Gasteiger partial charge in [0.05, 0.1) is 0 Å². The second kappa shape index (κ2) is 4.83. The summed E-state index contributed by atoms with van der Waals surface area (Å²) in [7, 11) is 0. The summed E-state index contributed by atoms with van der Waals surface area (Å²) in [6.45, 7) is 3.99. The molecular formula is C9H17N3O2. The van der Waals surface area contributed by atoms with E-state index in [0.717, 1.165) is 25.9 Å². The molecule has 0 atom stereocenters. The Kier molecular flexibility index (Phi) is 3.73. The van der Waals surface area contributed by atoms with Gasteiger partial charge in [0.25, 0.3) is 0 Å². The van der Waals surface area contributed by atoms with Crippen LogP contribution in [0.25, 0.3) is 0 Å². The molecule has 0 aromatic heterocycles. The number of rotatable bonds is 3. The molecule has 0 radical (unpaired) electrons. The van der Waals surface area contributed by atoms with E-state index in [0.29, 0.717) is 6.54 Å². The molecule has 0 aromatic rings. The number of hydrogen-bond acceptors (Lipinski definition) is 2. The fourth-order valence-corrected chi connectivity index (χ4v) is 1.61. The van der Waals surface area contributed by atoms with E-state index < -0.39 is 5.91 Å². The van der Waals surface area contributed by atoms with Crippen LogP contribution < -0.4 is 5.73 Å². The van der Waals surface area contributed by atoms with Crippen molar-refractivity contribution in [2.75, 3.05) is 26.2 Å². The molecule has 1 heterocycles. The van der Waals surface area contributed by atoms with Crippen molar-refractivity contribution in [2.24, 2.45) is 5.73 Å². The van der Waals surface area contributed by atoms with E-state index in [1.54, 1.807) is 4.90 Å². The molecule has 5 heteroatoms. The smallest absolute Gasteiger partial charge is 0.320 e. The van der Waals surface area contributed by atoms with Gasteiger partial charge in [-0.3, -0.25) is 4.79 Å². The molecule has 0 spiro atoms. The summed E-state index contributed by atoms with van der Waals surface area (Å²) in [5, 5.41) is 0. The van der Waals surface area contributed by atoms with E-state index in [1.807, 2.05) is 6.92 Å². The maximum atomic E-state index is 11.8. The van der Waals surface area contributed by atoms with Crippen molar-refractivity contribution in [3.63, 3.8) is 0 Å². The number of carbonyl (C=O) groups is 2. The second-order valence-corrected chi connectivity index (χ2v) is 3.46. The molecule has 0 aromatic carbocycles. The average molecular weight is 199 g/mol. The van der Waals surface area contributed by atoms with Crippen LogP contribution in [-0.4, -0.2) is 47.9 Å². The molecule has 80 valence electrons. The first-order chi connectivity index (χ1) is 6.65. The number of carbonyl (C=O) groups excluding carboxylic acids is 2. The SMILES string of the molecule is CCN(CC(N)=O)C(=O)N1CCCC1. The van der Waals surface area contributed by atoms with Gasteiger partial charge in [-0.1, -0.05) is 0 Å².